The zero-order chi connectivity index (χ0) is 13.8. The van der Waals surface area contributed by atoms with E-state index in [9.17, 15) is 4.79 Å². The van der Waals surface area contributed by atoms with Gasteiger partial charge in [-0.25, -0.2) is 4.79 Å². The normalized spacial score (nSPS) is 11.9. The van der Waals surface area contributed by atoms with Crippen molar-refractivity contribution in [3.8, 4) is 16.9 Å². The number of aliphatic carboxylic acids is 1. The second-order valence-electron chi connectivity index (χ2n) is 4.13. The van der Waals surface area contributed by atoms with Crippen LogP contribution < -0.4 is 4.74 Å². The zero-order valence-electron chi connectivity index (χ0n) is 10.3. The summed E-state index contributed by atoms with van der Waals surface area (Å²) in [5.74, 6) is -0.423. The average molecular weight is 321 g/mol. The lowest BCUT2D eigenvalue weighted by Gasteiger charge is -2.10. The van der Waals surface area contributed by atoms with E-state index in [4.69, 9.17) is 9.84 Å². The number of hydrogen-bond acceptors (Lipinski definition) is 2. The van der Waals surface area contributed by atoms with Crippen molar-refractivity contribution >= 4 is 21.9 Å². The van der Waals surface area contributed by atoms with Gasteiger partial charge in [0.15, 0.2) is 6.10 Å². The Morgan fingerprint density at radius 1 is 1.05 bits per heavy atom. The van der Waals surface area contributed by atoms with Crippen LogP contribution in [-0.4, -0.2) is 17.2 Å². The predicted octanol–water partition coefficient (Wildman–Crippen LogP) is 3.97. The summed E-state index contributed by atoms with van der Waals surface area (Å²) >= 11 is 3.39. The van der Waals surface area contributed by atoms with Gasteiger partial charge >= 0.3 is 5.97 Å². The molecule has 4 heteroatoms. The fourth-order valence-electron chi connectivity index (χ4n) is 1.62. The Bertz CT molecular complexity index is 561. The first kappa shape index (κ1) is 13.6. The Kier molecular flexibility index (Phi) is 4.22. The van der Waals surface area contributed by atoms with Crippen LogP contribution in [0.1, 0.15) is 6.92 Å². The largest absolute Gasteiger partial charge is 0.479 e. The van der Waals surface area contributed by atoms with Gasteiger partial charge in [-0.15, -0.1) is 0 Å². The number of rotatable bonds is 4. The minimum Gasteiger partial charge on any atom is -0.479 e. The molecule has 0 radical (unpaired) electrons. The highest BCUT2D eigenvalue weighted by Gasteiger charge is 2.12. The van der Waals surface area contributed by atoms with E-state index in [1.54, 1.807) is 12.1 Å². The molecule has 0 saturated carbocycles. The Morgan fingerprint density at radius 2 is 1.53 bits per heavy atom. The molecule has 98 valence electrons. The summed E-state index contributed by atoms with van der Waals surface area (Å²) in [5.41, 5.74) is 2.16. The first-order chi connectivity index (χ1) is 9.06. The molecule has 1 atom stereocenters. The van der Waals surface area contributed by atoms with Crippen molar-refractivity contribution in [2.45, 2.75) is 13.0 Å². The summed E-state index contributed by atoms with van der Waals surface area (Å²) in [5, 5.41) is 8.77. The van der Waals surface area contributed by atoms with Gasteiger partial charge in [0.2, 0.25) is 0 Å². The molecule has 0 bridgehead atoms. The Balaban J connectivity index is 2.14. The highest BCUT2D eigenvalue weighted by Crippen LogP contribution is 2.24. The van der Waals surface area contributed by atoms with Crippen molar-refractivity contribution in [2.75, 3.05) is 0 Å². The highest BCUT2D eigenvalue weighted by atomic mass is 79.9. The fraction of sp³-hybridized carbons (Fsp3) is 0.133. The van der Waals surface area contributed by atoms with E-state index in [2.05, 4.69) is 15.9 Å². The van der Waals surface area contributed by atoms with Gasteiger partial charge in [-0.1, -0.05) is 40.2 Å². The molecule has 19 heavy (non-hydrogen) atoms. The predicted molar refractivity (Wildman–Crippen MR) is 77.3 cm³/mol. The lowest BCUT2D eigenvalue weighted by Crippen LogP contribution is -2.22. The van der Waals surface area contributed by atoms with Crippen LogP contribution in [0.5, 0.6) is 5.75 Å². The third kappa shape index (κ3) is 3.58. The molecule has 0 spiro atoms. The minimum atomic E-state index is -0.975. The van der Waals surface area contributed by atoms with Crippen molar-refractivity contribution in [3.63, 3.8) is 0 Å². The second kappa shape index (κ2) is 5.89. The molecule has 0 aromatic heterocycles. The number of halogens is 1. The first-order valence-corrected chi connectivity index (χ1v) is 6.61. The van der Waals surface area contributed by atoms with Crippen LogP contribution in [0.4, 0.5) is 0 Å². The summed E-state index contributed by atoms with van der Waals surface area (Å²) in [6.07, 6.45) is -0.849. The lowest BCUT2D eigenvalue weighted by atomic mass is 10.1. The van der Waals surface area contributed by atoms with Crippen LogP contribution in [0.15, 0.2) is 53.0 Å². The van der Waals surface area contributed by atoms with Crippen LogP contribution in [0, 0.1) is 0 Å². The molecule has 2 aromatic rings. The molecule has 0 heterocycles. The van der Waals surface area contributed by atoms with Crippen molar-refractivity contribution < 1.29 is 14.6 Å². The fourth-order valence-corrected chi connectivity index (χ4v) is 1.89. The summed E-state index contributed by atoms with van der Waals surface area (Å²) < 4.78 is 6.31. The van der Waals surface area contributed by atoms with E-state index in [0.717, 1.165) is 15.6 Å². The van der Waals surface area contributed by atoms with Gasteiger partial charge in [-0.2, -0.15) is 0 Å². The monoisotopic (exact) mass is 320 g/mol. The van der Waals surface area contributed by atoms with Crippen molar-refractivity contribution in [1.82, 2.24) is 0 Å². The molecule has 0 saturated heterocycles. The number of ether oxygens (including phenoxy) is 1. The van der Waals surface area contributed by atoms with E-state index >= 15 is 0 Å². The molecule has 0 aliphatic heterocycles. The van der Waals surface area contributed by atoms with Gasteiger partial charge in [-0.3, -0.25) is 0 Å². The van der Waals surface area contributed by atoms with Gasteiger partial charge in [-0.05, 0) is 42.3 Å². The average Bonchev–Trinajstić information content (AvgIpc) is 2.40. The van der Waals surface area contributed by atoms with Crippen LogP contribution >= 0.6 is 15.9 Å². The van der Waals surface area contributed by atoms with E-state index in [1.165, 1.54) is 6.92 Å². The third-order valence-electron chi connectivity index (χ3n) is 2.69. The molecule has 0 amide bonds. The number of hydrogen-bond donors (Lipinski definition) is 1. The molecule has 2 rings (SSSR count). The molecule has 1 unspecified atom stereocenters. The van der Waals surface area contributed by atoms with Crippen LogP contribution in [0.3, 0.4) is 0 Å². The maximum atomic E-state index is 10.7. The third-order valence-corrected chi connectivity index (χ3v) is 3.22. The Morgan fingerprint density at radius 3 is 2.00 bits per heavy atom. The van der Waals surface area contributed by atoms with Gasteiger partial charge in [0, 0.05) is 4.47 Å². The standard InChI is InChI=1S/C15H13BrO3/c1-10(15(17)18)19-14-8-4-12(5-9-14)11-2-6-13(16)7-3-11/h2-10H,1H3,(H,17,18). The lowest BCUT2D eigenvalue weighted by molar-refractivity contribution is -0.144. The molecule has 0 aliphatic rings. The molecule has 0 aliphatic carbocycles. The number of carbonyl (C=O) groups is 1. The van der Waals surface area contributed by atoms with E-state index in [-0.39, 0.29) is 0 Å². The van der Waals surface area contributed by atoms with Crippen LogP contribution in [-0.2, 0) is 4.79 Å². The topological polar surface area (TPSA) is 46.5 Å². The van der Waals surface area contributed by atoms with E-state index in [0.29, 0.717) is 5.75 Å². The highest BCUT2D eigenvalue weighted by molar-refractivity contribution is 9.10. The maximum absolute atomic E-state index is 10.7. The Hall–Kier alpha value is -1.81. The number of benzene rings is 2. The minimum absolute atomic E-state index is 0.552. The van der Waals surface area contributed by atoms with Gasteiger partial charge in [0.05, 0.1) is 0 Å². The first-order valence-electron chi connectivity index (χ1n) is 5.82. The SMILES string of the molecule is CC(Oc1ccc(-c2ccc(Br)cc2)cc1)C(=O)O. The molecule has 2 aromatic carbocycles. The molecule has 3 nitrogen and oxygen atoms in total. The van der Waals surface area contributed by atoms with Crippen LogP contribution in [0.25, 0.3) is 11.1 Å². The molecule has 1 N–H and O–H groups in total. The molecular weight excluding hydrogens is 308 g/mol. The summed E-state index contributed by atoms with van der Waals surface area (Å²) in [6, 6.07) is 15.4. The van der Waals surface area contributed by atoms with Crippen LogP contribution in [0.2, 0.25) is 0 Å². The van der Waals surface area contributed by atoms with Crippen molar-refractivity contribution in [1.29, 1.82) is 0 Å². The molecular formula is C15H13BrO3. The summed E-state index contributed by atoms with van der Waals surface area (Å²) in [4.78, 5) is 10.7. The van der Waals surface area contributed by atoms with E-state index in [1.807, 2.05) is 36.4 Å². The number of carboxylic acids is 1. The van der Waals surface area contributed by atoms with E-state index < -0.39 is 12.1 Å². The maximum Gasteiger partial charge on any atom is 0.344 e. The van der Waals surface area contributed by atoms with Gasteiger partial charge in [0.1, 0.15) is 5.75 Å². The van der Waals surface area contributed by atoms with Crippen molar-refractivity contribution in [3.05, 3.63) is 53.0 Å². The van der Waals surface area contributed by atoms with Gasteiger partial charge < -0.3 is 9.84 Å². The summed E-state index contributed by atoms with van der Waals surface area (Å²) in [6.45, 7) is 1.50. The summed E-state index contributed by atoms with van der Waals surface area (Å²) in [7, 11) is 0. The molecule has 0 fully saturated rings. The smallest absolute Gasteiger partial charge is 0.344 e. The quantitative estimate of drug-likeness (QED) is 0.927. The second-order valence-corrected chi connectivity index (χ2v) is 5.05. The number of carboxylic acid groups (broad SMARTS) is 1. The zero-order valence-corrected chi connectivity index (χ0v) is 11.9. The Labute approximate surface area is 120 Å². The van der Waals surface area contributed by atoms with Gasteiger partial charge in [0.25, 0.3) is 0 Å². The van der Waals surface area contributed by atoms with Crippen molar-refractivity contribution in [2.24, 2.45) is 0 Å².